The summed E-state index contributed by atoms with van der Waals surface area (Å²) in [5.41, 5.74) is 2.87. The standard InChI is InChI=1S/C23H27N5O2/c1-3-4-12-28-21-20(17(2)22(28)26-13-10-24-11-14-26)25-16-27(23(21)30)15-19(29)18-8-6-5-7-9-18/h5-9,16,19,24,29H,10-15H2,1-2H3. The lowest BCUT2D eigenvalue weighted by Crippen LogP contribution is -2.44. The molecule has 30 heavy (non-hydrogen) atoms. The van der Waals surface area contributed by atoms with Crippen LogP contribution in [0.5, 0.6) is 0 Å². The number of aryl methyl sites for hydroxylation is 1. The van der Waals surface area contributed by atoms with Gasteiger partial charge in [0.1, 0.15) is 16.9 Å². The van der Waals surface area contributed by atoms with Crippen LogP contribution < -0.4 is 15.8 Å². The fraction of sp³-hybridized carbons (Fsp3) is 0.391. The van der Waals surface area contributed by atoms with Crippen LogP contribution >= 0.6 is 0 Å². The zero-order valence-electron chi connectivity index (χ0n) is 17.4. The fourth-order valence-corrected chi connectivity index (χ4v) is 4.10. The molecule has 0 aliphatic carbocycles. The van der Waals surface area contributed by atoms with Crippen LogP contribution in [0.3, 0.4) is 0 Å². The van der Waals surface area contributed by atoms with Crippen molar-refractivity contribution in [1.82, 2.24) is 19.4 Å². The van der Waals surface area contributed by atoms with E-state index in [-0.39, 0.29) is 12.1 Å². The number of aromatic nitrogens is 3. The molecule has 7 nitrogen and oxygen atoms in total. The number of aliphatic hydroxyl groups is 1. The van der Waals surface area contributed by atoms with Gasteiger partial charge in [0, 0.05) is 31.7 Å². The molecule has 1 aliphatic rings. The summed E-state index contributed by atoms with van der Waals surface area (Å²) < 4.78 is 3.49. The highest BCUT2D eigenvalue weighted by molar-refractivity contribution is 5.86. The van der Waals surface area contributed by atoms with E-state index in [0.29, 0.717) is 17.6 Å². The molecule has 0 radical (unpaired) electrons. The second-order valence-electron chi connectivity index (χ2n) is 7.52. The van der Waals surface area contributed by atoms with Gasteiger partial charge in [-0.3, -0.25) is 9.36 Å². The molecule has 1 aromatic carbocycles. The topological polar surface area (TPSA) is 75.3 Å². The smallest absolute Gasteiger partial charge is 0.278 e. The van der Waals surface area contributed by atoms with E-state index in [9.17, 15) is 9.90 Å². The predicted octanol–water partition coefficient (Wildman–Crippen LogP) is 1.67. The van der Waals surface area contributed by atoms with E-state index in [1.165, 1.54) is 4.57 Å². The van der Waals surface area contributed by atoms with Crippen LogP contribution in [0.1, 0.15) is 24.2 Å². The minimum absolute atomic E-state index is 0.151. The number of aliphatic hydroxyl groups excluding tert-OH is 1. The summed E-state index contributed by atoms with van der Waals surface area (Å²) in [6.07, 6.45) is 0.761. The molecule has 0 bridgehead atoms. The average molecular weight is 406 g/mol. The summed E-state index contributed by atoms with van der Waals surface area (Å²) in [5, 5.41) is 14.0. The zero-order chi connectivity index (χ0) is 21.1. The number of anilines is 1. The van der Waals surface area contributed by atoms with E-state index in [1.54, 1.807) is 13.3 Å². The van der Waals surface area contributed by atoms with Gasteiger partial charge in [-0.2, -0.15) is 0 Å². The highest BCUT2D eigenvalue weighted by atomic mass is 16.3. The van der Waals surface area contributed by atoms with E-state index in [1.807, 2.05) is 41.8 Å². The normalized spacial score (nSPS) is 15.1. The molecule has 1 atom stereocenters. The number of piperazine rings is 1. The Morgan fingerprint density at radius 3 is 2.67 bits per heavy atom. The van der Waals surface area contributed by atoms with Gasteiger partial charge in [0.15, 0.2) is 0 Å². The largest absolute Gasteiger partial charge is 0.387 e. The molecule has 1 unspecified atom stereocenters. The summed E-state index contributed by atoms with van der Waals surface area (Å²) >= 11 is 0. The third-order valence-electron chi connectivity index (χ3n) is 5.61. The molecule has 3 heterocycles. The third kappa shape index (κ3) is 3.72. The van der Waals surface area contributed by atoms with E-state index < -0.39 is 6.10 Å². The molecule has 156 valence electrons. The first-order valence-corrected chi connectivity index (χ1v) is 10.3. The highest BCUT2D eigenvalue weighted by Gasteiger charge is 2.24. The van der Waals surface area contributed by atoms with Crippen LogP contribution in [0.15, 0.2) is 41.5 Å². The van der Waals surface area contributed by atoms with Crippen molar-refractivity contribution >= 4 is 16.9 Å². The number of nitrogens with one attached hydrogen (secondary N) is 1. The maximum atomic E-state index is 13.4. The number of fused-ring (bicyclic) bond motifs is 1. The maximum Gasteiger partial charge on any atom is 0.278 e. The van der Waals surface area contributed by atoms with Gasteiger partial charge in [0.05, 0.1) is 25.5 Å². The Hall–Kier alpha value is -3.08. The van der Waals surface area contributed by atoms with Crippen molar-refractivity contribution < 1.29 is 5.11 Å². The number of hydrogen-bond donors (Lipinski definition) is 2. The van der Waals surface area contributed by atoms with Crippen LogP contribution in [0.4, 0.5) is 5.82 Å². The summed E-state index contributed by atoms with van der Waals surface area (Å²) in [7, 11) is 0. The Bertz CT molecular complexity index is 1150. The van der Waals surface area contributed by atoms with Crippen molar-refractivity contribution in [3.8, 4) is 11.8 Å². The SMILES string of the molecule is CC#CCn1c(N2CCNCC2)c(C)c2ncn(CC(O)c3ccccc3)c(=O)c21. The monoisotopic (exact) mass is 405 g/mol. The molecule has 1 saturated heterocycles. The lowest BCUT2D eigenvalue weighted by molar-refractivity contribution is 0.155. The first-order valence-electron chi connectivity index (χ1n) is 10.3. The predicted molar refractivity (Wildman–Crippen MR) is 119 cm³/mol. The number of rotatable bonds is 5. The third-order valence-corrected chi connectivity index (χ3v) is 5.61. The number of hydrogen-bond acceptors (Lipinski definition) is 5. The Kier molecular flexibility index (Phi) is 5.88. The van der Waals surface area contributed by atoms with Gasteiger partial charge in [0.2, 0.25) is 0 Å². The lowest BCUT2D eigenvalue weighted by Gasteiger charge is -2.30. The number of nitrogens with zero attached hydrogens (tertiary/aromatic N) is 4. The minimum atomic E-state index is -0.782. The molecular formula is C23H27N5O2. The van der Waals surface area contributed by atoms with Crippen molar-refractivity contribution in [3.05, 3.63) is 58.1 Å². The van der Waals surface area contributed by atoms with Crippen LogP contribution in [0.25, 0.3) is 11.0 Å². The Morgan fingerprint density at radius 1 is 1.23 bits per heavy atom. The first-order chi connectivity index (χ1) is 14.6. The van der Waals surface area contributed by atoms with E-state index in [4.69, 9.17) is 0 Å². The number of benzene rings is 1. The van der Waals surface area contributed by atoms with E-state index >= 15 is 0 Å². The molecule has 1 fully saturated rings. The van der Waals surface area contributed by atoms with Gasteiger partial charge in [0.25, 0.3) is 5.56 Å². The Balaban J connectivity index is 1.81. The van der Waals surface area contributed by atoms with Gasteiger partial charge < -0.3 is 19.9 Å². The Labute approximate surface area is 176 Å². The van der Waals surface area contributed by atoms with Gasteiger partial charge in [-0.15, -0.1) is 5.92 Å². The summed E-state index contributed by atoms with van der Waals surface area (Å²) in [6.45, 7) is 7.96. The van der Waals surface area contributed by atoms with Crippen molar-refractivity contribution in [1.29, 1.82) is 0 Å². The van der Waals surface area contributed by atoms with Crippen LogP contribution in [-0.4, -0.2) is 45.4 Å². The quantitative estimate of drug-likeness (QED) is 0.632. The average Bonchev–Trinajstić information content (AvgIpc) is 3.07. The molecule has 0 saturated carbocycles. The summed E-state index contributed by atoms with van der Waals surface area (Å²) in [4.78, 5) is 20.4. The maximum absolute atomic E-state index is 13.4. The van der Waals surface area contributed by atoms with E-state index in [2.05, 4.69) is 27.0 Å². The van der Waals surface area contributed by atoms with E-state index in [0.717, 1.165) is 43.1 Å². The van der Waals surface area contributed by atoms with Crippen molar-refractivity contribution in [2.24, 2.45) is 0 Å². The molecule has 1 aliphatic heterocycles. The Morgan fingerprint density at radius 2 is 1.97 bits per heavy atom. The molecule has 2 aromatic heterocycles. The van der Waals surface area contributed by atoms with Gasteiger partial charge in [-0.05, 0) is 19.4 Å². The van der Waals surface area contributed by atoms with Gasteiger partial charge >= 0.3 is 0 Å². The van der Waals surface area contributed by atoms with Crippen LogP contribution in [-0.2, 0) is 13.1 Å². The summed E-state index contributed by atoms with van der Waals surface area (Å²) in [6, 6.07) is 9.36. The van der Waals surface area contributed by atoms with Crippen LogP contribution in [0, 0.1) is 18.8 Å². The molecule has 0 spiro atoms. The second-order valence-corrected chi connectivity index (χ2v) is 7.52. The zero-order valence-corrected chi connectivity index (χ0v) is 17.4. The molecule has 3 aromatic rings. The molecular weight excluding hydrogens is 378 g/mol. The van der Waals surface area contributed by atoms with Gasteiger partial charge in [-0.1, -0.05) is 36.3 Å². The molecule has 2 N–H and O–H groups in total. The highest BCUT2D eigenvalue weighted by Crippen LogP contribution is 2.29. The fourth-order valence-electron chi connectivity index (χ4n) is 4.10. The van der Waals surface area contributed by atoms with Crippen molar-refractivity contribution in [2.45, 2.75) is 33.0 Å². The summed E-state index contributed by atoms with van der Waals surface area (Å²) in [5.74, 6) is 7.06. The van der Waals surface area contributed by atoms with Gasteiger partial charge in [-0.25, -0.2) is 4.98 Å². The molecule has 7 heteroatoms. The van der Waals surface area contributed by atoms with Crippen molar-refractivity contribution in [2.75, 3.05) is 31.1 Å². The molecule has 0 amide bonds. The lowest BCUT2D eigenvalue weighted by atomic mass is 10.1. The second kappa shape index (κ2) is 8.74. The molecule has 4 rings (SSSR count). The van der Waals surface area contributed by atoms with Crippen LogP contribution in [0.2, 0.25) is 0 Å². The van der Waals surface area contributed by atoms with Crippen molar-refractivity contribution in [3.63, 3.8) is 0 Å². The first kappa shape index (κ1) is 20.2. The minimum Gasteiger partial charge on any atom is -0.387 e.